The van der Waals surface area contributed by atoms with Crippen LogP contribution in [0.5, 0.6) is 0 Å². The predicted molar refractivity (Wildman–Crippen MR) is 140 cm³/mol. The van der Waals surface area contributed by atoms with E-state index in [4.69, 9.17) is 0 Å². The molecule has 2 aromatic carbocycles. The van der Waals surface area contributed by atoms with Crippen LogP contribution >= 0.6 is 15.9 Å². The average molecular weight is 553 g/mol. The van der Waals surface area contributed by atoms with Crippen molar-refractivity contribution in [3.05, 3.63) is 64.1 Å². The van der Waals surface area contributed by atoms with Crippen LogP contribution in [0, 0.1) is 0 Å². The number of rotatable bonds is 9. The van der Waals surface area contributed by atoms with E-state index in [-0.39, 0.29) is 17.9 Å². The Morgan fingerprint density at radius 2 is 1.71 bits per heavy atom. The van der Waals surface area contributed by atoms with Crippen molar-refractivity contribution >= 4 is 43.5 Å². The van der Waals surface area contributed by atoms with Crippen LogP contribution in [0.2, 0.25) is 0 Å². The highest BCUT2D eigenvalue weighted by molar-refractivity contribution is 9.10. The molecule has 0 saturated carbocycles. The molecule has 0 heterocycles. The van der Waals surface area contributed by atoms with Crippen LogP contribution in [0.15, 0.2) is 53.0 Å². The lowest BCUT2D eigenvalue weighted by Crippen LogP contribution is -2.51. The van der Waals surface area contributed by atoms with Crippen LogP contribution in [0.4, 0.5) is 5.69 Å². The van der Waals surface area contributed by atoms with Gasteiger partial charge in [0.25, 0.3) is 0 Å². The zero-order valence-electron chi connectivity index (χ0n) is 20.6. The fraction of sp³-hybridized carbons (Fsp3) is 0.440. The summed E-state index contributed by atoms with van der Waals surface area (Å²) >= 11 is 3.43. The molecule has 7 nitrogen and oxygen atoms in total. The van der Waals surface area contributed by atoms with Crippen molar-refractivity contribution in [3.63, 3.8) is 0 Å². The summed E-state index contributed by atoms with van der Waals surface area (Å²) in [5.41, 5.74) is 2.18. The molecular weight excluding hydrogens is 518 g/mol. The molecule has 0 aromatic heterocycles. The van der Waals surface area contributed by atoms with E-state index in [2.05, 4.69) is 42.0 Å². The first-order valence-electron chi connectivity index (χ1n) is 11.1. The van der Waals surface area contributed by atoms with Gasteiger partial charge in [-0.3, -0.25) is 13.9 Å². The van der Waals surface area contributed by atoms with Crippen LogP contribution in [0.1, 0.15) is 45.7 Å². The summed E-state index contributed by atoms with van der Waals surface area (Å²) in [5.74, 6) is -0.768. The van der Waals surface area contributed by atoms with Gasteiger partial charge in [-0.2, -0.15) is 0 Å². The second-order valence-electron chi connectivity index (χ2n) is 9.29. The number of hydrogen-bond acceptors (Lipinski definition) is 4. The van der Waals surface area contributed by atoms with E-state index in [0.29, 0.717) is 12.2 Å². The summed E-state index contributed by atoms with van der Waals surface area (Å²) in [4.78, 5) is 27.5. The van der Waals surface area contributed by atoms with Crippen LogP contribution in [0.25, 0.3) is 0 Å². The van der Waals surface area contributed by atoms with Gasteiger partial charge in [0.15, 0.2) is 0 Å². The van der Waals surface area contributed by atoms with Gasteiger partial charge in [-0.25, -0.2) is 8.42 Å². The molecule has 0 spiro atoms. The third kappa shape index (κ3) is 7.56. The van der Waals surface area contributed by atoms with E-state index < -0.39 is 28.5 Å². The van der Waals surface area contributed by atoms with E-state index in [0.717, 1.165) is 26.2 Å². The Morgan fingerprint density at radius 3 is 2.21 bits per heavy atom. The van der Waals surface area contributed by atoms with Gasteiger partial charge in [0.1, 0.15) is 12.6 Å². The SMILES string of the molecule is CCNC(=O)[C@H](C)N(Cc1cccc(Br)c1)C(=O)CN(c1ccc(C(C)(C)C)cc1)S(C)(=O)=O. The molecule has 0 aliphatic carbocycles. The molecule has 0 saturated heterocycles. The van der Waals surface area contributed by atoms with Crippen molar-refractivity contribution in [1.29, 1.82) is 0 Å². The summed E-state index contributed by atoms with van der Waals surface area (Å²) in [6.45, 7) is 9.84. The number of carbonyl (C=O) groups is 2. The second kappa shape index (κ2) is 11.4. The number of sulfonamides is 1. The molecule has 0 bridgehead atoms. The Morgan fingerprint density at radius 1 is 1.09 bits per heavy atom. The number of nitrogens with zero attached hydrogens (tertiary/aromatic N) is 2. The highest BCUT2D eigenvalue weighted by Crippen LogP contribution is 2.26. The van der Waals surface area contributed by atoms with Gasteiger partial charge < -0.3 is 10.2 Å². The van der Waals surface area contributed by atoms with Crippen LogP contribution < -0.4 is 9.62 Å². The molecule has 1 N–H and O–H groups in total. The Hall–Kier alpha value is -2.39. The zero-order chi connectivity index (χ0) is 25.7. The molecular formula is C25H34BrN3O4S. The van der Waals surface area contributed by atoms with Gasteiger partial charge >= 0.3 is 0 Å². The van der Waals surface area contributed by atoms with Gasteiger partial charge in [-0.15, -0.1) is 0 Å². The third-order valence-electron chi connectivity index (χ3n) is 5.46. The quantitative estimate of drug-likeness (QED) is 0.509. The first-order valence-corrected chi connectivity index (χ1v) is 13.8. The average Bonchev–Trinajstić information content (AvgIpc) is 2.74. The zero-order valence-corrected chi connectivity index (χ0v) is 23.0. The third-order valence-corrected chi connectivity index (χ3v) is 7.09. The van der Waals surface area contributed by atoms with Crippen molar-refractivity contribution in [2.24, 2.45) is 0 Å². The fourth-order valence-corrected chi connectivity index (χ4v) is 4.77. The number of halogens is 1. The maximum absolute atomic E-state index is 13.5. The molecule has 186 valence electrons. The highest BCUT2D eigenvalue weighted by Gasteiger charge is 2.30. The monoisotopic (exact) mass is 551 g/mol. The van der Waals surface area contributed by atoms with E-state index in [1.807, 2.05) is 36.4 Å². The van der Waals surface area contributed by atoms with E-state index >= 15 is 0 Å². The number of anilines is 1. The number of amides is 2. The summed E-state index contributed by atoms with van der Waals surface area (Å²) in [6.07, 6.45) is 1.07. The number of hydrogen-bond donors (Lipinski definition) is 1. The summed E-state index contributed by atoms with van der Waals surface area (Å²) in [7, 11) is -3.75. The van der Waals surface area contributed by atoms with Crippen molar-refractivity contribution < 1.29 is 18.0 Å². The molecule has 2 rings (SSSR count). The molecule has 9 heteroatoms. The Balaban J connectivity index is 2.39. The highest BCUT2D eigenvalue weighted by atomic mass is 79.9. The Bertz CT molecular complexity index is 1110. The second-order valence-corrected chi connectivity index (χ2v) is 12.1. The van der Waals surface area contributed by atoms with Gasteiger partial charge in [-0.05, 0) is 54.7 Å². The minimum absolute atomic E-state index is 0.0902. The first-order chi connectivity index (χ1) is 15.7. The minimum atomic E-state index is -3.75. The number of benzene rings is 2. The smallest absolute Gasteiger partial charge is 0.244 e. The molecule has 1 atom stereocenters. The normalized spacial score (nSPS) is 12.7. The van der Waals surface area contributed by atoms with Gasteiger partial charge in [0.2, 0.25) is 21.8 Å². The molecule has 0 aliphatic heterocycles. The maximum atomic E-state index is 13.5. The lowest BCUT2D eigenvalue weighted by molar-refractivity contribution is -0.139. The molecule has 0 aliphatic rings. The first kappa shape index (κ1) is 27.9. The van der Waals surface area contributed by atoms with Gasteiger partial charge in [0, 0.05) is 17.6 Å². The van der Waals surface area contributed by atoms with Crippen LogP contribution in [-0.4, -0.2) is 50.5 Å². The largest absolute Gasteiger partial charge is 0.355 e. The van der Waals surface area contributed by atoms with Crippen molar-refractivity contribution in [1.82, 2.24) is 10.2 Å². The van der Waals surface area contributed by atoms with E-state index in [1.54, 1.807) is 26.0 Å². The molecule has 2 aromatic rings. The molecule has 2 amide bonds. The molecule has 0 radical (unpaired) electrons. The summed E-state index contributed by atoms with van der Waals surface area (Å²) in [5, 5.41) is 2.74. The lowest BCUT2D eigenvalue weighted by atomic mass is 9.87. The standard InChI is InChI=1S/C25H34BrN3O4S/c1-7-27-24(31)18(2)28(16-19-9-8-10-21(26)15-19)23(30)17-29(34(6,32)33)22-13-11-20(12-14-22)25(3,4)5/h8-15,18H,7,16-17H2,1-6H3,(H,27,31)/t18-/m0/s1. The van der Waals surface area contributed by atoms with Crippen LogP contribution in [-0.2, 0) is 31.6 Å². The minimum Gasteiger partial charge on any atom is -0.355 e. The maximum Gasteiger partial charge on any atom is 0.244 e. The Labute approximate surface area is 211 Å². The van der Waals surface area contributed by atoms with Gasteiger partial charge in [0.05, 0.1) is 11.9 Å². The van der Waals surface area contributed by atoms with E-state index in [1.165, 1.54) is 4.90 Å². The predicted octanol–water partition coefficient (Wildman–Crippen LogP) is 4.07. The van der Waals surface area contributed by atoms with Crippen molar-refractivity contribution in [2.45, 2.75) is 52.6 Å². The van der Waals surface area contributed by atoms with Crippen LogP contribution in [0.3, 0.4) is 0 Å². The number of likely N-dealkylation sites (N-methyl/N-ethyl adjacent to an activating group) is 1. The number of nitrogens with one attached hydrogen (secondary N) is 1. The number of carbonyl (C=O) groups excluding carboxylic acids is 2. The van der Waals surface area contributed by atoms with Crippen molar-refractivity contribution in [3.8, 4) is 0 Å². The van der Waals surface area contributed by atoms with Gasteiger partial charge in [-0.1, -0.05) is 61.0 Å². The summed E-state index contributed by atoms with van der Waals surface area (Å²) < 4.78 is 27.2. The summed E-state index contributed by atoms with van der Waals surface area (Å²) in [6, 6.07) is 13.8. The lowest BCUT2D eigenvalue weighted by Gasteiger charge is -2.31. The molecule has 0 fully saturated rings. The molecule has 34 heavy (non-hydrogen) atoms. The fourth-order valence-electron chi connectivity index (χ4n) is 3.48. The van der Waals surface area contributed by atoms with E-state index in [9.17, 15) is 18.0 Å². The Kier molecular flexibility index (Phi) is 9.30. The van der Waals surface area contributed by atoms with Crippen molar-refractivity contribution in [2.75, 3.05) is 23.7 Å². The molecule has 0 unspecified atom stereocenters. The topological polar surface area (TPSA) is 86.8 Å².